The lowest BCUT2D eigenvalue weighted by atomic mass is 9.68. The lowest BCUT2D eigenvalue weighted by Crippen LogP contribution is -2.47. The molecule has 3 aromatic rings. The molecule has 2 aromatic carbocycles. The number of para-hydroxylation sites is 1. The van der Waals surface area contributed by atoms with Gasteiger partial charge in [0.2, 0.25) is 0 Å². The normalized spacial score (nSPS) is 18.5. The summed E-state index contributed by atoms with van der Waals surface area (Å²) in [5.74, 6) is 0.326. The second-order valence-electron chi connectivity index (χ2n) is 12.5. The molecule has 1 saturated carbocycles. The van der Waals surface area contributed by atoms with Crippen LogP contribution in [0.5, 0.6) is 0 Å². The number of likely N-dealkylation sites (N-methyl/N-ethyl adjacent to an activating group) is 1. The van der Waals surface area contributed by atoms with Gasteiger partial charge < -0.3 is 19.5 Å². The zero-order valence-electron chi connectivity index (χ0n) is 25.4. The number of fused-ring (bicyclic) bond motifs is 1. The lowest BCUT2D eigenvalue weighted by Gasteiger charge is -2.36. The average molecular weight is 558 g/mol. The fourth-order valence-electron chi connectivity index (χ4n) is 7.41. The minimum absolute atomic E-state index is 0.145. The minimum Gasteiger partial charge on any atom is -0.478 e. The Morgan fingerprint density at radius 3 is 2.39 bits per heavy atom. The monoisotopic (exact) mass is 557 g/mol. The van der Waals surface area contributed by atoms with Crippen LogP contribution >= 0.6 is 0 Å². The van der Waals surface area contributed by atoms with Crippen LogP contribution in [0.25, 0.3) is 10.9 Å². The van der Waals surface area contributed by atoms with Gasteiger partial charge >= 0.3 is 5.97 Å². The van der Waals surface area contributed by atoms with Gasteiger partial charge in [0.15, 0.2) is 0 Å². The van der Waals surface area contributed by atoms with E-state index in [4.69, 9.17) is 0 Å². The maximum Gasteiger partial charge on any atom is 0.335 e. The van der Waals surface area contributed by atoms with Gasteiger partial charge in [0.1, 0.15) is 0 Å². The number of aromatic nitrogens is 1. The molecular formula is C35H47N3O3. The minimum atomic E-state index is -0.877. The highest BCUT2D eigenvalue weighted by Gasteiger charge is 2.34. The van der Waals surface area contributed by atoms with Crippen LogP contribution in [0, 0.1) is 12.8 Å². The van der Waals surface area contributed by atoms with Crippen molar-refractivity contribution in [2.24, 2.45) is 5.92 Å². The third kappa shape index (κ3) is 6.08. The van der Waals surface area contributed by atoms with Crippen LogP contribution in [0.4, 0.5) is 0 Å². The number of carboxylic acid groups (broad SMARTS) is 1. The van der Waals surface area contributed by atoms with Gasteiger partial charge in [0.05, 0.1) is 16.6 Å². The Hall–Kier alpha value is -3.12. The number of hydrogen-bond acceptors (Lipinski definition) is 3. The summed E-state index contributed by atoms with van der Waals surface area (Å²) in [6, 6.07) is 12.3. The molecule has 2 unspecified atom stereocenters. The highest BCUT2D eigenvalue weighted by molar-refractivity contribution is 6.07. The molecule has 1 aromatic heterocycles. The van der Waals surface area contributed by atoms with Gasteiger partial charge in [0.25, 0.3) is 5.91 Å². The molecule has 2 heterocycles. The zero-order valence-corrected chi connectivity index (χ0v) is 25.4. The molecule has 2 atom stereocenters. The number of amides is 1. The first-order valence-corrected chi connectivity index (χ1v) is 15.7. The van der Waals surface area contributed by atoms with E-state index in [1.54, 1.807) is 6.07 Å². The predicted octanol–water partition coefficient (Wildman–Crippen LogP) is 7.30. The van der Waals surface area contributed by atoms with Crippen molar-refractivity contribution < 1.29 is 14.7 Å². The molecule has 220 valence electrons. The Kier molecular flexibility index (Phi) is 9.18. The fraction of sp³-hybridized carbons (Fsp3) is 0.543. The number of carbonyl (C=O) groups excluding carboxylic acids is 1. The summed E-state index contributed by atoms with van der Waals surface area (Å²) in [5.41, 5.74) is 6.01. The topological polar surface area (TPSA) is 65.8 Å². The highest BCUT2D eigenvalue weighted by Crippen LogP contribution is 2.47. The highest BCUT2D eigenvalue weighted by atomic mass is 16.4. The molecular weight excluding hydrogens is 510 g/mol. The summed E-state index contributed by atoms with van der Waals surface area (Å²) >= 11 is 0. The summed E-state index contributed by atoms with van der Waals surface area (Å²) < 4.78 is 2.35. The lowest BCUT2D eigenvalue weighted by molar-refractivity contribution is 0.0663. The summed E-state index contributed by atoms with van der Waals surface area (Å²) in [4.78, 5) is 29.9. The van der Waals surface area contributed by atoms with E-state index in [0.29, 0.717) is 11.5 Å². The van der Waals surface area contributed by atoms with Crippen LogP contribution in [0.1, 0.15) is 108 Å². The summed E-state index contributed by atoms with van der Waals surface area (Å²) in [5, 5.41) is 10.7. The van der Waals surface area contributed by atoms with Crippen molar-refractivity contribution in [2.45, 2.75) is 84.1 Å². The Balaban J connectivity index is 1.60. The molecule has 1 aliphatic carbocycles. The van der Waals surface area contributed by atoms with Gasteiger partial charge in [-0.25, -0.2) is 4.79 Å². The number of unbranched alkanes of at least 4 members (excludes halogenated alkanes) is 1. The maximum absolute atomic E-state index is 13.9. The van der Waals surface area contributed by atoms with Crippen molar-refractivity contribution in [3.8, 4) is 0 Å². The van der Waals surface area contributed by atoms with E-state index in [1.165, 1.54) is 48.7 Å². The van der Waals surface area contributed by atoms with Crippen LogP contribution in [0.15, 0.2) is 42.6 Å². The molecule has 1 N–H and O–H groups in total. The summed E-state index contributed by atoms with van der Waals surface area (Å²) in [6.45, 7) is 10.9. The molecule has 0 spiro atoms. The van der Waals surface area contributed by atoms with Crippen molar-refractivity contribution in [3.63, 3.8) is 0 Å². The second-order valence-corrected chi connectivity index (χ2v) is 12.5. The van der Waals surface area contributed by atoms with E-state index < -0.39 is 5.97 Å². The molecule has 0 radical (unpaired) electrons. The molecule has 2 fully saturated rings. The van der Waals surface area contributed by atoms with Gasteiger partial charge in [-0.1, -0.05) is 63.8 Å². The number of carboxylic acids is 1. The van der Waals surface area contributed by atoms with Crippen LogP contribution in [0.2, 0.25) is 0 Å². The van der Waals surface area contributed by atoms with Gasteiger partial charge in [-0.05, 0) is 79.8 Å². The Morgan fingerprint density at radius 2 is 1.73 bits per heavy atom. The van der Waals surface area contributed by atoms with Crippen molar-refractivity contribution in [1.29, 1.82) is 0 Å². The molecule has 6 heteroatoms. The standard InChI is InChI=1S/C35H47N3O3/c1-5-6-17-38-23-31(34(39)37-20-18-36(4)19-21-37)30-14-10-13-29(33(30)38)25(3)32(26-11-8-7-9-12-26)28-16-15-27(35(40)41)22-24(28)2/h10,13-16,22-23,25-26,32H,5-9,11-12,17-21H2,1-4H3,(H,40,41). The fourth-order valence-corrected chi connectivity index (χ4v) is 7.41. The molecule has 1 aliphatic heterocycles. The quantitative estimate of drug-likeness (QED) is 0.300. The molecule has 0 bridgehead atoms. The van der Waals surface area contributed by atoms with Gasteiger partial charge in [-0.15, -0.1) is 0 Å². The van der Waals surface area contributed by atoms with Crippen LogP contribution in [-0.2, 0) is 6.54 Å². The van der Waals surface area contributed by atoms with E-state index in [-0.39, 0.29) is 17.7 Å². The smallest absolute Gasteiger partial charge is 0.335 e. The van der Waals surface area contributed by atoms with Crippen molar-refractivity contribution in [1.82, 2.24) is 14.4 Å². The first kappa shape index (κ1) is 29.4. The zero-order chi connectivity index (χ0) is 29.1. The van der Waals surface area contributed by atoms with Gasteiger partial charge in [-0.2, -0.15) is 0 Å². The molecule has 5 rings (SSSR count). The first-order valence-electron chi connectivity index (χ1n) is 15.7. The molecule has 1 amide bonds. The van der Waals surface area contributed by atoms with Crippen molar-refractivity contribution in [3.05, 3.63) is 70.4 Å². The number of hydrogen-bond donors (Lipinski definition) is 1. The number of aromatic carboxylic acids is 1. The summed E-state index contributed by atoms with van der Waals surface area (Å²) in [6.07, 6.45) is 10.5. The first-order chi connectivity index (χ1) is 19.8. The largest absolute Gasteiger partial charge is 0.478 e. The van der Waals surface area contributed by atoms with Crippen molar-refractivity contribution >= 4 is 22.8 Å². The Morgan fingerprint density at radius 1 is 1.00 bits per heavy atom. The maximum atomic E-state index is 13.9. The predicted molar refractivity (Wildman–Crippen MR) is 166 cm³/mol. The number of carbonyl (C=O) groups is 2. The average Bonchev–Trinajstić information content (AvgIpc) is 3.36. The number of piperazine rings is 1. The van der Waals surface area contributed by atoms with E-state index >= 15 is 0 Å². The number of rotatable bonds is 9. The molecule has 41 heavy (non-hydrogen) atoms. The molecule has 1 saturated heterocycles. The van der Waals surface area contributed by atoms with Crippen LogP contribution in [-0.4, -0.2) is 64.6 Å². The van der Waals surface area contributed by atoms with Crippen LogP contribution < -0.4 is 0 Å². The molecule has 6 nitrogen and oxygen atoms in total. The second kappa shape index (κ2) is 12.8. The number of nitrogens with zero attached hydrogens (tertiary/aromatic N) is 3. The Bertz CT molecular complexity index is 1380. The van der Waals surface area contributed by atoms with Gasteiger partial charge in [0, 0.05) is 44.3 Å². The summed E-state index contributed by atoms with van der Waals surface area (Å²) in [7, 11) is 2.12. The van der Waals surface area contributed by atoms with Gasteiger partial charge in [-0.3, -0.25) is 4.79 Å². The third-order valence-corrected chi connectivity index (χ3v) is 9.77. The van der Waals surface area contributed by atoms with E-state index in [9.17, 15) is 14.7 Å². The SMILES string of the molecule is CCCCn1cc(C(=O)N2CCN(C)CC2)c2cccc(C(C)C(c3ccc(C(=O)O)cc3C)C3CCCCC3)c21. The molecule has 2 aliphatic rings. The van der Waals surface area contributed by atoms with Crippen molar-refractivity contribution in [2.75, 3.05) is 33.2 Å². The van der Waals surface area contributed by atoms with E-state index in [2.05, 4.69) is 67.7 Å². The van der Waals surface area contributed by atoms with E-state index in [0.717, 1.165) is 62.1 Å². The number of benzene rings is 2. The Labute approximate surface area is 245 Å². The third-order valence-electron chi connectivity index (χ3n) is 9.77. The number of aryl methyl sites for hydroxylation is 2. The van der Waals surface area contributed by atoms with Crippen LogP contribution in [0.3, 0.4) is 0 Å². The van der Waals surface area contributed by atoms with E-state index in [1.807, 2.05) is 11.0 Å².